The summed E-state index contributed by atoms with van der Waals surface area (Å²) in [6.07, 6.45) is 0. The van der Waals surface area contributed by atoms with Crippen molar-refractivity contribution in [2.75, 3.05) is 6.54 Å². The van der Waals surface area contributed by atoms with Gasteiger partial charge in [0.2, 0.25) is 15.9 Å². The first-order chi connectivity index (χ1) is 11.3. The van der Waals surface area contributed by atoms with Crippen LogP contribution in [-0.2, 0) is 21.4 Å². The maximum atomic E-state index is 12.3. The van der Waals surface area contributed by atoms with E-state index in [1.807, 2.05) is 30.3 Å². The molecular formula is C15H13BrCl2N2O3S. The van der Waals surface area contributed by atoms with Crippen molar-refractivity contribution in [3.63, 3.8) is 0 Å². The molecule has 0 atom stereocenters. The smallest absolute Gasteiger partial charge is 0.244 e. The number of rotatable bonds is 6. The molecule has 24 heavy (non-hydrogen) atoms. The normalized spacial score (nSPS) is 11.3. The van der Waals surface area contributed by atoms with Crippen LogP contribution in [0.4, 0.5) is 0 Å². The largest absolute Gasteiger partial charge is 0.351 e. The van der Waals surface area contributed by atoms with Crippen molar-refractivity contribution in [3.8, 4) is 0 Å². The second-order valence-corrected chi connectivity index (χ2v) is 8.22. The standard InChI is InChI=1S/C15H13BrCl2N2O3S/c16-11-6-12(17)15(13(18)7-11)24(22,23)20-9-14(21)19-8-10-4-2-1-3-5-10/h1-7,20H,8-9H2,(H,19,21). The van der Waals surface area contributed by atoms with Crippen LogP contribution in [0.15, 0.2) is 51.8 Å². The summed E-state index contributed by atoms with van der Waals surface area (Å²) in [7, 11) is -4.01. The molecule has 0 saturated heterocycles. The Morgan fingerprint density at radius 3 is 2.25 bits per heavy atom. The molecule has 0 aliphatic heterocycles. The molecule has 0 fully saturated rings. The fourth-order valence-corrected chi connectivity index (χ4v) is 4.79. The number of carbonyl (C=O) groups is 1. The highest BCUT2D eigenvalue weighted by Gasteiger charge is 2.23. The van der Waals surface area contributed by atoms with E-state index in [0.29, 0.717) is 11.0 Å². The van der Waals surface area contributed by atoms with Gasteiger partial charge in [-0.3, -0.25) is 4.79 Å². The van der Waals surface area contributed by atoms with Gasteiger partial charge in [-0.25, -0.2) is 13.1 Å². The fraction of sp³-hybridized carbons (Fsp3) is 0.133. The molecule has 5 nitrogen and oxygen atoms in total. The lowest BCUT2D eigenvalue weighted by Crippen LogP contribution is -2.36. The first-order valence-corrected chi connectivity index (χ1v) is 9.77. The predicted molar refractivity (Wildman–Crippen MR) is 97.6 cm³/mol. The molecule has 2 rings (SSSR count). The molecule has 0 heterocycles. The quantitative estimate of drug-likeness (QED) is 0.707. The molecule has 2 N–H and O–H groups in total. The molecule has 2 aromatic carbocycles. The monoisotopic (exact) mass is 450 g/mol. The molecule has 0 aliphatic rings. The van der Waals surface area contributed by atoms with Crippen molar-refractivity contribution in [1.29, 1.82) is 0 Å². The summed E-state index contributed by atoms with van der Waals surface area (Å²) in [6.45, 7) is -0.112. The molecule has 0 radical (unpaired) electrons. The van der Waals surface area contributed by atoms with Crippen LogP contribution in [0.2, 0.25) is 10.0 Å². The van der Waals surface area contributed by atoms with E-state index in [4.69, 9.17) is 23.2 Å². The highest BCUT2D eigenvalue weighted by Crippen LogP contribution is 2.32. The Morgan fingerprint density at radius 2 is 1.67 bits per heavy atom. The van der Waals surface area contributed by atoms with Gasteiger partial charge in [-0.15, -0.1) is 0 Å². The zero-order valence-electron chi connectivity index (χ0n) is 12.2. The number of halogens is 3. The maximum absolute atomic E-state index is 12.3. The minimum atomic E-state index is -4.01. The highest BCUT2D eigenvalue weighted by molar-refractivity contribution is 9.10. The zero-order chi connectivity index (χ0) is 17.7. The number of sulfonamides is 1. The predicted octanol–water partition coefficient (Wildman–Crippen LogP) is 3.35. The molecule has 0 saturated carbocycles. The van der Waals surface area contributed by atoms with Crippen LogP contribution in [0.25, 0.3) is 0 Å². The van der Waals surface area contributed by atoms with Gasteiger partial charge in [-0.2, -0.15) is 0 Å². The molecule has 9 heteroatoms. The van der Waals surface area contributed by atoms with E-state index in [2.05, 4.69) is 26.0 Å². The third-order valence-corrected chi connectivity index (χ3v) is 5.77. The van der Waals surface area contributed by atoms with Gasteiger partial charge in [-0.1, -0.05) is 69.5 Å². The van der Waals surface area contributed by atoms with E-state index in [1.54, 1.807) is 0 Å². The topological polar surface area (TPSA) is 75.3 Å². The van der Waals surface area contributed by atoms with E-state index in [9.17, 15) is 13.2 Å². The van der Waals surface area contributed by atoms with E-state index in [-0.39, 0.29) is 14.9 Å². The third kappa shape index (κ3) is 5.19. The molecular weight excluding hydrogens is 439 g/mol. The van der Waals surface area contributed by atoms with Crippen molar-refractivity contribution in [2.45, 2.75) is 11.4 Å². The Labute approximate surface area is 158 Å². The van der Waals surface area contributed by atoms with E-state index in [1.165, 1.54) is 12.1 Å². The zero-order valence-corrected chi connectivity index (χ0v) is 16.1. The van der Waals surface area contributed by atoms with Crippen molar-refractivity contribution >= 4 is 55.1 Å². The molecule has 0 aromatic heterocycles. The summed E-state index contributed by atoms with van der Waals surface area (Å²) in [6, 6.07) is 12.1. The lowest BCUT2D eigenvalue weighted by Gasteiger charge is -2.11. The van der Waals surface area contributed by atoms with Crippen LogP contribution in [0.5, 0.6) is 0 Å². The summed E-state index contributed by atoms with van der Waals surface area (Å²) in [5.41, 5.74) is 0.910. The Kier molecular flexibility index (Phi) is 6.65. The van der Waals surface area contributed by atoms with Gasteiger partial charge in [0.1, 0.15) is 4.90 Å². The van der Waals surface area contributed by atoms with Gasteiger partial charge in [-0.05, 0) is 17.7 Å². The first-order valence-electron chi connectivity index (χ1n) is 6.74. The van der Waals surface area contributed by atoms with Crippen LogP contribution in [0, 0.1) is 0 Å². The van der Waals surface area contributed by atoms with Gasteiger partial charge in [0.15, 0.2) is 0 Å². The fourth-order valence-electron chi connectivity index (χ4n) is 1.88. The van der Waals surface area contributed by atoms with Crippen molar-refractivity contribution in [3.05, 3.63) is 62.5 Å². The number of hydrogen-bond donors (Lipinski definition) is 2. The Balaban J connectivity index is 1.99. The van der Waals surface area contributed by atoms with Gasteiger partial charge >= 0.3 is 0 Å². The average molecular weight is 452 g/mol. The number of benzene rings is 2. The Hall–Kier alpha value is -1.12. The number of carbonyl (C=O) groups excluding carboxylic acids is 1. The molecule has 1 amide bonds. The van der Waals surface area contributed by atoms with Crippen LogP contribution in [0.1, 0.15) is 5.56 Å². The molecule has 0 aliphatic carbocycles. The summed E-state index contributed by atoms with van der Waals surface area (Å²) in [4.78, 5) is 11.5. The Bertz CT molecular complexity index is 822. The highest BCUT2D eigenvalue weighted by atomic mass is 79.9. The van der Waals surface area contributed by atoms with E-state index in [0.717, 1.165) is 5.56 Å². The SMILES string of the molecule is O=C(CNS(=O)(=O)c1c(Cl)cc(Br)cc1Cl)NCc1ccccc1. The van der Waals surface area contributed by atoms with Gasteiger partial charge in [0.25, 0.3) is 0 Å². The summed E-state index contributed by atoms with van der Waals surface area (Å²) >= 11 is 15.1. The van der Waals surface area contributed by atoms with E-state index < -0.39 is 22.5 Å². The van der Waals surface area contributed by atoms with Gasteiger partial charge in [0.05, 0.1) is 16.6 Å². The lowest BCUT2D eigenvalue weighted by molar-refractivity contribution is -0.120. The van der Waals surface area contributed by atoms with Crippen LogP contribution < -0.4 is 10.0 Å². The minimum absolute atomic E-state index is 0.0356. The summed E-state index contributed by atoms with van der Waals surface area (Å²) in [5.74, 6) is -0.466. The molecule has 128 valence electrons. The Morgan fingerprint density at radius 1 is 1.08 bits per heavy atom. The van der Waals surface area contributed by atoms with E-state index >= 15 is 0 Å². The first kappa shape index (κ1) is 19.2. The minimum Gasteiger partial charge on any atom is -0.351 e. The summed E-state index contributed by atoms with van der Waals surface area (Å²) in [5, 5.41) is 2.55. The molecule has 0 unspecified atom stereocenters. The third-order valence-electron chi connectivity index (χ3n) is 2.99. The van der Waals surface area contributed by atoms with Gasteiger partial charge < -0.3 is 5.32 Å². The second kappa shape index (κ2) is 8.31. The summed E-state index contributed by atoms with van der Waals surface area (Å²) < 4.78 is 27.3. The van der Waals surface area contributed by atoms with Gasteiger partial charge in [0, 0.05) is 11.0 Å². The average Bonchev–Trinajstić information content (AvgIpc) is 2.50. The maximum Gasteiger partial charge on any atom is 0.244 e. The molecule has 0 bridgehead atoms. The van der Waals surface area contributed by atoms with Crippen LogP contribution in [0.3, 0.4) is 0 Å². The van der Waals surface area contributed by atoms with Crippen molar-refractivity contribution in [2.24, 2.45) is 0 Å². The lowest BCUT2D eigenvalue weighted by atomic mass is 10.2. The second-order valence-electron chi connectivity index (χ2n) is 4.79. The number of amides is 1. The van der Waals surface area contributed by atoms with Crippen molar-refractivity contribution < 1.29 is 13.2 Å². The van der Waals surface area contributed by atoms with Crippen molar-refractivity contribution in [1.82, 2.24) is 10.0 Å². The number of hydrogen-bond acceptors (Lipinski definition) is 3. The van der Waals surface area contributed by atoms with Crippen LogP contribution >= 0.6 is 39.1 Å². The molecule has 2 aromatic rings. The number of nitrogens with one attached hydrogen (secondary N) is 2. The molecule has 0 spiro atoms. The van der Waals surface area contributed by atoms with Crippen LogP contribution in [-0.4, -0.2) is 20.9 Å².